The molecule has 0 saturated carbocycles. The average molecular weight is 309 g/mol. The van der Waals surface area contributed by atoms with Crippen LogP contribution in [0.15, 0.2) is 24.5 Å². The van der Waals surface area contributed by atoms with Gasteiger partial charge in [0, 0.05) is 23.2 Å². The second-order valence-electron chi connectivity index (χ2n) is 5.04. The van der Waals surface area contributed by atoms with Gasteiger partial charge in [0.25, 0.3) is 0 Å². The SMILES string of the molecule is CCNCc1cc(Cl)ccc1OCc1ncnn1C(C)C. The van der Waals surface area contributed by atoms with Crippen LogP contribution in [0.3, 0.4) is 0 Å². The van der Waals surface area contributed by atoms with Crippen molar-refractivity contribution in [1.29, 1.82) is 0 Å². The average Bonchev–Trinajstić information content (AvgIpc) is 2.92. The molecule has 2 aromatic rings. The van der Waals surface area contributed by atoms with Gasteiger partial charge in [0.1, 0.15) is 18.7 Å². The third kappa shape index (κ3) is 4.19. The molecular formula is C15H21ClN4O. The molecule has 0 aliphatic carbocycles. The Kier molecular flexibility index (Phi) is 5.59. The molecule has 0 bridgehead atoms. The lowest BCUT2D eigenvalue weighted by atomic mass is 10.2. The van der Waals surface area contributed by atoms with E-state index in [1.54, 1.807) is 6.33 Å². The number of nitrogens with zero attached hydrogens (tertiary/aromatic N) is 3. The van der Waals surface area contributed by atoms with E-state index in [4.69, 9.17) is 16.3 Å². The topological polar surface area (TPSA) is 52.0 Å². The quantitative estimate of drug-likeness (QED) is 0.853. The molecule has 1 aromatic heterocycles. The molecule has 0 spiro atoms. The summed E-state index contributed by atoms with van der Waals surface area (Å²) in [5.41, 5.74) is 1.04. The number of aromatic nitrogens is 3. The fourth-order valence-corrected chi connectivity index (χ4v) is 2.23. The lowest BCUT2D eigenvalue weighted by Crippen LogP contribution is -2.14. The summed E-state index contributed by atoms with van der Waals surface area (Å²) in [6.07, 6.45) is 1.56. The Bertz CT molecular complexity index is 583. The van der Waals surface area contributed by atoms with Gasteiger partial charge in [0.05, 0.1) is 0 Å². The molecule has 6 heteroatoms. The summed E-state index contributed by atoms with van der Waals surface area (Å²) in [6.45, 7) is 8.21. The second kappa shape index (κ2) is 7.43. The summed E-state index contributed by atoms with van der Waals surface area (Å²) >= 11 is 6.05. The molecule has 0 unspecified atom stereocenters. The van der Waals surface area contributed by atoms with Crippen molar-refractivity contribution in [2.24, 2.45) is 0 Å². The van der Waals surface area contributed by atoms with Gasteiger partial charge in [0.2, 0.25) is 0 Å². The van der Waals surface area contributed by atoms with Crippen molar-refractivity contribution < 1.29 is 4.74 Å². The van der Waals surface area contributed by atoms with Crippen LogP contribution in [0, 0.1) is 0 Å². The van der Waals surface area contributed by atoms with Crippen LogP contribution >= 0.6 is 11.6 Å². The standard InChI is InChI=1S/C15H21ClN4O/c1-4-17-8-12-7-13(16)5-6-14(12)21-9-15-18-10-19-20(15)11(2)3/h5-7,10-11,17H,4,8-9H2,1-3H3. The number of benzene rings is 1. The summed E-state index contributed by atoms with van der Waals surface area (Å²) < 4.78 is 7.76. The van der Waals surface area contributed by atoms with Gasteiger partial charge >= 0.3 is 0 Å². The van der Waals surface area contributed by atoms with Gasteiger partial charge in [-0.05, 0) is 38.6 Å². The van der Waals surface area contributed by atoms with Gasteiger partial charge in [-0.1, -0.05) is 18.5 Å². The monoisotopic (exact) mass is 308 g/mol. The van der Waals surface area contributed by atoms with E-state index < -0.39 is 0 Å². The minimum Gasteiger partial charge on any atom is -0.485 e. The Labute approximate surface area is 130 Å². The molecule has 114 valence electrons. The van der Waals surface area contributed by atoms with E-state index >= 15 is 0 Å². The first-order chi connectivity index (χ1) is 10.1. The van der Waals surface area contributed by atoms with Crippen molar-refractivity contribution in [2.75, 3.05) is 6.54 Å². The maximum absolute atomic E-state index is 6.05. The Morgan fingerprint density at radius 3 is 2.90 bits per heavy atom. The molecule has 1 heterocycles. The maximum Gasteiger partial charge on any atom is 0.165 e. The zero-order chi connectivity index (χ0) is 15.2. The minimum atomic E-state index is 0.262. The van der Waals surface area contributed by atoms with Gasteiger partial charge in [-0.15, -0.1) is 0 Å². The zero-order valence-corrected chi connectivity index (χ0v) is 13.4. The molecule has 0 aliphatic rings. The third-order valence-electron chi connectivity index (χ3n) is 3.08. The lowest BCUT2D eigenvalue weighted by molar-refractivity contribution is 0.279. The zero-order valence-electron chi connectivity index (χ0n) is 12.6. The first-order valence-corrected chi connectivity index (χ1v) is 7.50. The van der Waals surface area contributed by atoms with Crippen LogP contribution in [0.5, 0.6) is 5.75 Å². The van der Waals surface area contributed by atoms with Gasteiger partial charge in [-0.25, -0.2) is 9.67 Å². The molecule has 21 heavy (non-hydrogen) atoms. The number of hydrogen-bond donors (Lipinski definition) is 1. The maximum atomic E-state index is 6.05. The van der Waals surface area contributed by atoms with Crippen molar-refractivity contribution in [1.82, 2.24) is 20.1 Å². The highest BCUT2D eigenvalue weighted by molar-refractivity contribution is 6.30. The Hall–Kier alpha value is -1.59. The first kappa shape index (κ1) is 15.8. The van der Waals surface area contributed by atoms with Crippen LogP contribution in [-0.4, -0.2) is 21.3 Å². The molecule has 0 fully saturated rings. The predicted octanol–water partition coefficient (Wildman–Crippen LogP) is 3.20. The highest BCUT2D eigenvalue weighted by atomic mass is 35.5. The normalized spacial score (nSPS) is 11.1. The van der Waals surface area contributed by atoms with Gasteiger partial charge < -0.3 is 10.1 Å². The highest BCUT2D eigenvalue weighted by Crippen LogP contribution is 2.23. The van der Waals surface area contributed by atoms with Crippen LogP contribution in [0.25, 0.3) is 0 Å². The van der Waals surface area contributed by atoms with E-state index in [0.717, 1.165) is 30.2 Å². The van der Waals surface area contributed by atoms with E-state index in [0.29, 0.717) is 11.6 Å². The summed E-state index contributed by atoms with van der Waals surface area (Å²) in [6, 6.07) is 5.91. The van der Waals surface area contributed by atoms with Crippen LogP contribution in [0.2, 0.25) is 5.02 Å². The second-order valence-corrected chi connectivity index (χ2v) is 5.47. The molecular weight excluding hydrogens is 288 g/mol. The van der Waals surface area contributed by atoms with E-state index in [2.05, 4.69) is 36.2 Å². The fourth-order valence-electron chi connectivity index (χ4n) is 2.04. The van der Waals surface area contributed by atoms with Crippen molar-refractivity contribution >= 4 is 11.6 Å². The fraction of sp³-hybridized carbons (Fsp3) is 0.467. The smallest absolute Gasteiger partial charge is 0.165 e. The van der Waals surface area contributed by atoms with Gasteiger partial charge in [0.15, 0.2) is 5.82 Å². The number of hydrogen-bond acceptors (Lipinski definition) is 4. The highest BCUT2D eigenvalue weighted by Gasteiger charge is 2.10. The van der Waals surface area contributed by atoms with Crippen LogP contribution in [0.1, 0.15) is 38.2 Å². The molecule has 0 amide bonds. The van der Waals surface area contributed by atoms with Crippen LogP contribution in [0.4, 0.5) is 0 Å². The third-order valence-corrected chi connectivity index (χ3v) is 3.32. The Morgan fingerprint density at radius 1 is 1.38 bits per heavy atom. The number of rotatable bonds is 7. The molecule has 1 N–H and O–H groups in total. The predicted molar refractivity (Wildman–Crippen MR) is 83.6 cm³/mol. The number of nitrogens with one attached hydrogen (secondary N) is 1. The van der Waals surface area contributed by atoms with Crippen molar-refractivity contribution in [2.45, 2.75) is 40.0 Å². The van der Waals surface area contributed by atoms with Gasteiger partial charge in [-0.2, -0.15) is 5.10 Å². The largest absolute Gasteiger partial charge is 0.485 e. The lowest BCUT2D eigenvalue weighted by Gasteiger charge is -2.13. The molecule has 0 saturated heterocycles. The number of halogens is 1. The summed E-state index contributed by atoms with van der Waals surface area (Å²) in [4.78, 5) is 4.25. The van der Waals surface area contributed by atoms with Crippen LogP contribution < -0.4 is 10.1 Å². The molecule has 0 aliphatic heterocycles. The Morgan fingerprint density at radius 2 is 2.19 bits per heavy atom. The van der Waals surface area contributed by atoms with E-state index in [1.165, 1.54) is 0 Å². The van der Waals surface area contributed by atoms with Crippen molar-refractivity contribution in [3.63, 3.8) is 0 Å². The Balaban J connectivity index is 2.10. The summed E-state index contributed by atoms with van der Waals surface area (Å²) in [5, 5.41) is 8.20. The minimum absolute atomic E-state index is 0.262. The molecule has 2 rings (SSSR count). The van der Waals surface area contributed by atoms with E-state index in [9.17, 15) is 0 Å². The first-order valence-electron chi connectivity index (χ1n) is 7.12. The van der Waals surface area contributed by atoms with E-state index in [1.807, 2.05) is 22.9 Å². The summed E-state index contributed by atoms with van der Waals surface area (Å²) in [7, 11) is 0. The molecule has 0 radical (unpaired) electrons. The molecule has 0 atom stereocenters. The molecule has 1 aromatic carbocycles. The van der Waals surface area contributed by atoms with Crippen LogP contribution in [-0.2, 0) is 13.2 Å². The van der Waals surface area contributed by atoms with Crippen molar-refractivity contribution in [3.05, 3.63) is 40.9 Å². The van der Waals surface area contributed by atoms with E-state index in [-0.39, 0.29) is 6.04 Å². The summed E-state index contributed by atoms with van der Waals surface area (Å²) in [5.74, 6) is 1.63. The van der Waals surface area contributed by atoms with Crippen molar-refractivity contribution in [3.8, 4) is 5.75 Å². The molecule has 5 nitrogen and oxygen atoms in total. The number of ether oxygens (including phenoxy) is 1. The van der Waals surface area contributed by atoms with Gasteiger partial charge in [-0.3, -0.25) is 0 Å².